The fraction of sp³-hybridized carbons (Fsp3) is 0.368. The number of fused-ring (bicyclic) bond motifs is 2. The van der Waals surface area contributed by atoms with Gasteiger partial charge in [0.1, 0.15) is 17.0 Å². The quantitative estimate of drug-likeness (QED) is 0.541. The number of carbonyl (C=O) groups excluding carboxylic acids is 1. The number of benzene rings is 1. The lowest BCUT2D eigenvalue weighted by Gasteiger charge is -2.09. The van der Waals surface area contributed by atoms with Gasteiger partial charge in [0.15, 0.2) is 0 Å². The van der Waals surface area contributed by atoms with Crippen molar-refractivity contribution in [3.05, 3.63) is 62.6 Å². The molecule has 0 fully saturated rings. The van der Waals surface area contributed by atoms with E-state index in [9.17, 15) is 14.4 Å². The fourth-order valence-electron chi connectivity index (χ4n) is 3.34. The van der Waals surface area contributed by atoms with Crippen LogP contribution in [0.2, 0.25) is 0 Å². The van der Waals surface area contributed by atoms with E-state index >= 15 is 0 Å². The highest BCUT2D eigenvalue weighted by Crippen LogP contribution is 2.12. The number of hydrogen-bond acceptors (Lipinski definition) is 5. The third-order valence-corrected chi connectivity index (χ3v) is 4.75. The molecule has 0 spiro atoms. The lowest BCUT2D eigenvalue weighted by Crippen LogP contribution is -2.31. The van der Waals surface area contributed by atoms with Gasteiger partial charge in [-0.05, 0) is 31.4 Å². The molecule has 27 heavy (non-hydrogen) atoms. The third-order valence-electron chi connectivity index (χ3n) is 4.75. The van der Waals surface area contributed by atoms with Crippen LogP contribution in [0.15, 0.2) is 44.3 Å². The predicted molar refractivity (Wildman–Crippen MR) is 98.9 cm³/mol. The molecule has 4 rings (SSSR count). The number of aromatic nitrogens is 3. The SMILES string of the molecule is O=C(NCCCn1nc2n(c1=O)CCCC2)c1cc2ccccc2oc1=O. The molecule has 1 N–H and O–H groups in total. The van der Waals surface area contributed by atoms with Gasteiger partial charge in [-0.15, -0.1) is 0 Å². The highest BCUT2D eigenvalue weighted by molar-refractivity contribution is 5.96. The smallest absolute Gasteiger partial charge is 0.349 e. The molecule has 0 aliphatic carbocycles. The molecule has 0 bridgehead atoms. The monoisotopic (exact) mass is 368 g/mol. The Bertz CT molecular complexity index is 1110. The first-order valence-electron chi connectivity index (χ1n) is 9.11. The van der Waals surface area contributed by atoms with Crippen LogP contribution < -0.4 is 16.6 Å². The zero-order valence-electron chi connectivity index (χ0n) is 14.8. The van der Waals surface area contributed by atoms with E-state index in [4.69, 9.17) is 4.42 Å². The number of para-hydroxylation sites is 1. The number of hydrogen-bond donors (Lipinski definition) is 1. The molecule has 1 amide bonds. The number of aryl methyl sites for hydroxylation is 2. The molecule has 0 unspecified atom stereocenters. The summed E-state index contributed by atoms with van der Waals surface area (Å²) in [5.41, 5.74) is -0.333. The minimum Gasteiger partial charge on any atom is -0.422 e. The van der Waals surface area contributed by atoms with Crippen LogP contribution in [0.25, 0.3) is 11.0 Å². The van der Waals surface area contributed by atoms with Crippen molar-refractivity contribution in [1.29, 1.82) is 0 Å². The summed E-state index contributed by atoms with van der Waals surface area (Å²) < 4.78 is 8.36. The summed E-state index contributed by atoms with van der Waals surface area (Å²) in [5, 5.41) is 7.76. The molecule has 2 aromatic heterocycles. The van der Waals surface area contributed by atoms with Crippen molar-refractivity contribution in [3.8, 4) is 0 Å². The van der Waals surface area contributed by atoms with Gasteiger partial charge in [-0.3, -0.25) is 9.36 Å². The van der Waals surface area contributed by atoms with Gasteiger partial charge in [0, 0.05) is 31.4 Å². The molecule has 0 saturated carbocycles. The summed E-state index contributed by atoms with van der Waals surface area (Å²) in [6.07, 6.45) is 3.43. The number of nitrogens with one attached hydrogen (secondary N) is 1. The molecule has 0 radical (unpaired) electrons. The Morgan fingerprint density at radius 1 is 1.22 bits per heavy atom. The summed E-state index contributed by atoms with van der Waals surface area (Å²) >= 11 is 0. The van der Waals surface area contributed by atoms with E-state index in [0.717, 1.165) is 31.6 Å². The average molecular weight is 368 g/mol. The van der Waals surface area contributed by atoms with Crippen LogP contribution in [0.1, 0.15) is 35.4 Å². The van der Waals surface area contributed by atoms with Gasteiger partial charge < -0.3 is 9.73 Å². The Balaban J connectivity index is 1.38. The minimum atomic E-state index is -0.663. The lowest BCUT2D eigenvalue weighted by atomic mass is 10.2. The van der Waals surface area contributed by atoms with Gasteiger partial charge >= 0.3 is 11.3 Å². The Kier molecular flexibility index (Phi) is 4.62. The normalized spacial score (nSPS) is 13.5. The number of carbonyl (C=O) groups is 1. The van der Waals surface area contributed by atoms with E-state index < -0.39 is 11.5 Å². The predicted octanol–water partition coefficient (Wildman–Crippen LogP) is 1.31. The Morgan fingerprint density at radius 2 is 2.07 bits per heavy atom. The van der Waals surface area contributed by atoms with Crippen LogP contribution >= 0.6 is 0 Å². The van der Waals surface area contributed by atoms with E-state index in [2.05, 4.69) is 10.4 Å². The standard InChI is InChI=1S/C19H20N4O4/c24-17(14-12-13-6-1-2-7-15(13)27-18(14)25)20-9-5-11-23-19(26)22-10-4-3-8-16(22)21-23/h1-2,6-7,12H,3-5,8-11H2,(H,20,24). The molecule has 1 aliphatic heterocycles. The zero-order valence-corrected chi connectivity index (χ0v) is 14.8. The zero-order chi connectivity index (χ0) is 18.8. The molecule has 3 aromatic rings. The van der Waals surface area contributed by atoms with Crippen LogP contribution in [0.4, 0.5) is 0 Å². The van der Waals surface area contributed by atoms with Gasteiger partial charge in [-0.1, -0.05) is 18.2 Å². The maximum atomic E-state index is 12.3. The number of amides is 1. The van der Waals surface area contributed by atoms with Crippen molar-refractivity contribution in [1.82, 2.24) is 19.7 Å². The second-order valence-electron chi connectivity index (χ2n) is 6.63. The van der Waals surface area contributed by atoms with E-state index in [1.54, 1.807) is 22.8 Å². The largest absolute Gasteiger partial charge is 0.422 e. The maximum absolute atomic E-state index is 12.3. The van der Waals surface area contributed by atoms with Crippen molar-refractivity contribution < 1.29 is 9.21 Å². The Morgan fingerprint density at radius 3 is 2.93 bits per heavy atom. The van der Waals surface area contributed by atoms with Crippen LogP contribution in [-0.4, -0.2) is 26.8 Å². The van der Waals surface area contributed by atoms with Gasteiger partial charge in [0.2, 0.25) is 0 Å². The summed E-state index contributed by atoms with van der Waals surface area (Å²) in [5.74, 6) is 0.357. The summed E-state index contributed by atoms with van der Waals surface area (Å²) in [7, 11) is 0. The first kappa shape index (κ1) is 17.3. The molecular weight excluding hydrogens is 348 g/mol. The van der Waals surface area contributed by atoms with Crippen molar-refractivity contribution in [2.24, 2.45) is 0 Å². The van der Waals surface area contributed by atoms with Crippen molar-refractivity contribution in [3.63, 3.8) is 0 Å². The molecular formula is C19H20N4O4. The third kappa shape index (κ3) is 3.42. The second-order valence-corrected chi connectivity index (χ2v) is 6.63. The highest BCUT2D eigenvalue weighted by Gasteiger charge is 2.17. The molecule has 140 valence electrons. The van der Waals surface area contributed by atoms with Gasteiger partial charge in [0.05, 0.1) is 0 Å². The van der Waals surface area contributed by atoms with Crippen LogP contribution in [0.5, 0.6) is 0 Å². The number of nitrogens with zero attached hydrogens (tertiary/aromatic N) is 3. The van der Waals surface area contributed by atoms with Gasteiger partial charge in [-0.25, -0.2) is 14.3 Å². The van der Waals surface area contributed by atoms with Crippen molar-refractivity contribution in [2.45, 2.75) is 38.8 Å². The Hall–Kier alpha value is -3.16. The Labute approximate surface area is 154 Å². The first-order valence-corrected chi connectivity index (χ1v) is 9.11. The van der Waals surface area contributed by atoms with Crippen LogP contribution in [-0.2, 0) is 19.5 Å². The maximum Gasteiger partial charge on any atom is 0.349 e. The van der Waals surface area contributed by atoms with Crippen LogP contribution in [0.3, 0.4) is 0 Å². The average Bonchev–Trinajstić information content (AvgIpc) is 3.00. The van der Waals surface area contributed by atoms with E-state index in [1.165, 1.54) is 10.7 Å². The molecule has 8 nitrogen and oxygen atoms in total. The minimum absolute atomic E-state index is 0.0247. The molecule has 0 atom stereocenters. The first-order chi connectivity index (χ1) is 13.1. The fourth-order valence-corrected chi connectivity index (χ4v) is 3.34. The molecule has 1 aliphatic rings. The van der Waals surface area contributed by atoms with E-state index in [0.29, 0.717) is 30.5 Å². The molecule has 0 saturated heterocycles. The molecule has 3 heterocycles. The van der Waals surface area contributed by atoms with Gasteiger partial charge in [0.25, 0.3) is 5.91 Å². The summed E-state index contributed by atoms with van der Waals surface area (Å²) in [6, 6.07) is 8.57. The van der Waals surface area contributed by atoms with E-state index in [-0.39, 0.29) is 11.3 Å². The van der Waals surface area contributed by atoms with Crippen molar-refractivity contribution in [2.75, 3.05) is 6.54 Å². The highest BCUT2D eigenvalue weighted by atomic mass is 16.4. The summed E-state index contributed by atoms with van der Waals surface area (Å²) in [6.45, 7) is 1.48. The lowest BCUT2D eigenvalue weighted by molar-refractivity contribution is 0.0949. The second kappa shape index (κ2) is 7.22. The molecule has 1 aromatic carbocycles. The number of rotatable bonds is 5. The van der Waals surface area contributed by atoms with Crippen LogP contribution in [0, 0.1) is 0 Å². The summed E-state index contributed by atoms with van der Waals surface area (Å²) in [4.78, 5) is 36.5. The van der Waals surface area contributed by atoms with Crippen molar-refractivity contribution >= 4 is 16.9 Å². The molecule has 8 heteroatoms. The topological polar surface area (TPSA) is 99.1 Å². The van der Waals surface area contributed by atoms with Gasteiger partial charge in [-0.2, -0.15) is 5.10 Å². The van der Waals surface area contributed by atoms with E-state index in [1.807, 2.05) is 6.07 Å².